The van der Waals surface area contributed by atoms with E-state index in [9.17, 15) is 24.1 Å². The largest absolute Gasteiger partial charge is 0.452 e. The van der Waals surface area contributed by atoms with Crippen LogP contribution in [0.25, 0.3) is 16.3 Å². The number of ether oxygens (including phenoxy) is 1. The number of thiazole rings is 1. The van der Waals surface area contributed by atoms with E-state index in [0.717, 1.165) is 34.5 Å². The molecule has 3 rings (SSSR count). The van der Waals surface area contributed by atoms with E-state index in [1.807, 2.05) is 24.3 Å². The van der Waals surface area contributed by atoms with Crippen LogP contribution in [0.5, 0.6) is 0 Å². The lowest BCUT2D eigenvalue weighted by atomic mass is 10.2. The minimum Gasteiger partial charge on any atom is -0.452 e. The molecule has 0 fully saturated rings. The van der Waals surface area contributed by atoms with E-state index >= 15 is 0 Å². The molecule has 0 bridgehead atoms. The van der Waals surface area contributed by atoms with E-state index in [1.165, 1.54) is 17.4 Å². The second-order valence-corrected chi connectivity index (χ2v) is 6.49. The van der Waals surface area contributed by atoms with Crippen LogP contribution in [0.15, 0.2) is 48.5 Å². The van der Waals surface area contributed by atoms with Crippen molar-refractivity contribution in [3.05, 3.63) is 69.5 Å². The van der Waals surface area contributed by atoms with Gasteiger partial charge in [-0.25, -0.2) is 9.78 Å². The highest BCUT2D eigenvalue weighted by atomic mass is 32.1. The monoisotopic (exact) mass is 401 g/mol. The van der Waals surface area contributed by atoms with Gasteiger partial charge in [-0.15, -0.1) is 11.3 Å². The fourth-order valence-corrected chi connectivity index (χ4v) is 3.08. The molecule has 0 spiro atoms. The molecule has 1 heterocycles. The fourth-order valence-electron chi connectivity index (χ4n) is 2.21. The third-order valence-corrected chi connectivity index (χ3v) is 4.45. The molecule has 0 saturated heterocycles. The number of benzene rings is 2. The number of anilines is 1. The van der Waals surface area contributed by atoms with Crippen molar-refractivity contribution in [2.75, 3.05) is 11.9 Å². The lowest BCUT2D eigenvalue weighted by Gasteiger charge is -2.05. The van der Waals surface area contributed by atoms with Gasteiger partial charge in [0.1, 0.15) is 5.01 Å². The molecule has 0 unspecified atom stereocenters. The number of nitrogens with zero attached hydrogens (tertiary/aromatic N) is 2. The van der Waals surface area contributed by atoms with Gasteiger partial charge in [-0.3, -0.25) is 14.9 Å². The van der Waals surface area contributed by atoms with Gasteiger partial charge >= 0.3 is 11.7 Å². The van der Waals surface area contributed by atoms with Crippen molar-refractivity contribution >= 4 is 50.9 Å². The zero-order valence-electron chi connectivity index (χ0n) is 14.1. The Morgan fingerprint density at radius 1 is 1.29 bits per heavy atom. The topological polar surface area (TPSA) is 111 Å². The number of aromatic nitrogens is 1. The van der Waals surface area contributed by atoms with E-state index in [-0.39, 0.29) is 5.69 Å². The van der Waals surface area contributed by atoms with Crippen molar-refractivity contribution in [3.8, 4) is 0 Å². The summed E-state index contributed by atoms with van der Waals surface area (Å²) in [5.41, 5.74) is 0.0565. The number of nitro benzene ring substituents is 1. The zero-order valence-corrected chi connectivity index (χ0v) is 14.9. The van der Waals surface area contributed by atoms with Crippen LogP contribution in [0.1, 0.15) is 5.01 Å². The molecule has 1 N–H and O–H groups in total. The van der Waals surface area contributed by atoms with Crippen molar-refractivity contribution in [1.82, 2.24) is 4.98 Å². The second-order valence-electron chi connectivity index (χ2n) is 5.43. The summed E-state index contributed by atoms with van der Waals surface area (Å²) in [5, 5.41) is 13.6. The van der Waals surface area contributed by atoms with Crippen LogP contribution >= 0.6 is 11.3 Å². The van der Waals surface area contributed by atoms with Gasteiger partial charge in [-0.05, 0) is 30.3 Å². The molecule has 28 heavy (non-hydrogen) atoms. The number of amides is 1. The van der Waals surface area contributed by atoms with Gasteiger partial charge in [0.25, 0.3) is 5.91 Å². The highest BCUT2D eigenvalue weighted by molar-refractivity contribution is 7.19. The van der Waals surface area contributed by atoms with Crippen LogP contribution in [0.4, 0.5) is 15.8 Å². The van der Waals surface area contributed by atoms with Crippen LogP contribution < -0.4 is 5.32 Å². The average Bonchev–Trinajstić information content (AvgIpc) is 3.09. The minimum absolute atomic E-state index is 0.0131. The van der Waals surface area contributed by atoms with Gasteiger partial charge in [0, 0.05) is 17.8 Å². The Labute approximate surface area is 161 Å². The van der Waals surface area contributed by atoms with E-state index in [2.05, 4.69) is 10.3 Å². The summed E-state index contributed by atoms with van der Waals surface area (Å²) < 4.78 is 19.0. The number of esters is 1. The molecule has 2 aromatic carbocycles. The second kappa shape index (κ2) is 8.35. The number of hydrogen-bond acceptors (Lipinski definition) is 7. The number of nitrogens with one attached hydrogen (secondary N) is 1. The van der Waals surface area contributed by atoms with E-state index in [1.54, 1.807) is 0 Å². The number of rotatable bonds is 6. The number of halogens is 1. The molecule has 0 aliphatic heterocycles. The maximum atomic E-state index is 13.3. The zero-order chi connectivity index (χ0) is 20.1. The number of para-hydroxylation sites is 1. The number of fused-ring (bicyclic) bond motifs is 1. The van der Waals surface area contributed by atoms with Crippen molar-refractivity contribution in [2.24, 2.45) is 0 Å². The normalized spacial score (nSPS) is 10.9. The lowest BCUT2D eigenvalue weighted by molar-refractivity contribution is -0.387. The summed E-state index contributed by atoms with van der Waals surface area (Å²) in [7, 11) is 0. The Morgan fingerprint density at radius 3 is 2.82 bits per heavy atom. The number of hydrogen-bond donors (Lipinski definition) is 1. The van der Waals surface area contributed by atoms with Crippen molar-refractivity contribution in [3.63, 3.8) is 0 Å². The van der Waals surface area contributed by atoms with Gasteiger partial charge in [0.15, 0.2) is 6.61 Å². The van der Waals surface area contributed by atoms with Gasteiger partial charge < -0.3 is 10.1 Å². The third-order valence-electron chi connectivity index (χ3n) is 3.44. The Balaban J connectivity index is 1.53. The van der Waals surface area contributed by atoms with Crippen molar-refractivity contribution in [2.45, 2.75) is 0 Å². The molecule has 8 nitrogen and oxygen atoms in total. The first-order valence-corrected chi connectivity index (χ1v) is 8.68. The maximum Gasteiger partial charge on any atom is 0.331 e. The maximum absolute atomic E-state index is 13.3. The molecular formula is C18H12FN3O5S. The summed E-state index contributed by atoms with van der Waals surface area (Å²) in [6, 6.07) is 10.4. The average molecular weight is 401 g/mol. The lowest BCUT2D eigenvalue weighted by Crippen LogP contribution is -2.20. The SMILES string of the molecule is O=C(COC(=O)/C=C/c1nc2ccccc2s1)Nc1ccc(F)c([N+](=O)[O-])c1. The Hall–Kier alpha value is -3.66. The Bertz CT molecular complexity index is 1060. The van der Waals surface area contributed by atoms with Crippen LogP contribution in [-0.2, 0) is 14.3 Å². The Kier molecular flexibility index (Phi) is 5.70. The van der Waals surface area contributed by atoms with Crippen molar-refractivity contribution < 1.29 is 23.6 Å². The Morgan fingerprint density at radius 2 is 2.07 bits per heavy atom. The number of carbonyl (C=O) groups is 2. The molecular weight excluding hydrogens is 389 g/mol. The summed E-state index contributed by atoms with van der Waals surface area (Å²) in [5.74, 6) is -2.49. The molecule has 0 aliphatic rings. The van der Waals surface area contributed by atoms with E-state index in [4.69, 9.17) is 4.74 Å². The first-order chi connectivity index (χ1) is 13.4. The highest BCUT2D eigenvalue weighted by Crippen LogP contribution is 2.23. The molecule has 0 radical (unpaired) electrons. The standard InChI is InChI=1S/C18H12FN3O5S/c19-12-6-5-11(9-14(12)22(25)26)20-16(23)10-27-18(24)8-7-17-21-13-3-1-2-4-15(13)28-17/h1-9H,10H2,(H,20,23)/b8-7+. The van der Waals surface area contributed by atoms with E-state index in [0.29, 0.717) is 5.01 Å². The van der Waals surface area contributed by atoms with Gasteiger partial charge in [-0.1, -0.05) is 12.1 Å². The van der Waals surface area contributed by atoms with Crippen LogP contribution in [0.2, 0.25) is 0 Å². The summed E-state index contributed by atoms with van der Waals surface area (Å²) in [4.78, 5) is 37.6. The smallest absolute Gasteiger partial charge is 0.331 e. The number of carbonyl (C=O) groups excluding carboxylic acids is 2. The van der Waals surface area contributed by atoms with Gasteiger partial charge in [0.2, 0.25) is 5.82 Å². The predicted molar refractivity (Wildman–Crippen MR) is 101 cm³/mol. The van der Waals surface area contributed by atoms with Gasteiger partial charge in [-0.2, -0.15) is 4.39 Å². The fraction of sp³-hybridized carbons (Fsp3) is 0.0556. The van der Waals surface area contributed by atoms with Crippen LogP contribution in [-0.4, -0.2) is 28.4 Å². The summed E-state index contributed by atoms with van der Waals surface area (Å²) >= 11 is 1.40. The molecule has 0 saturated carbocycles. The molecule has 1 amide bonds. The minimum atomic E-state index is -1.02. The van der Waals surface area contributed by atoms with E-state index < -0.39 is 34.9 Å². The first kappa shape index (κ1) is 19.1. The third kappa shape index (κ3) is 4.74. The summed E-state index contributed by atoms with van der Waals surface area (Å²) in [6.45, 7) is -0.603. The molecule has 3 aromatic rings. The van der Waals surface area contributed by atoms with Crippen LogP contribution in [0, 0.1) is 15.9 Å². The number of nitro groups is 1. The molecule has 142 valence electrons. The molecule has 10 heteroatoms. The van der Waals surface area contributed by atoms with Gasteiger partial charge in [0.05, 0.1) is 15.1 Å². The van der Waals surface area contributed by atoms with Crippen LogP contribution in [0.3, 0.4) is 0 Å². The first-order valence-electron chi connectivity index (χ1n) is 7.86. The molecule has 0 atom stereocenters. The highest BCUT2D eigenvalue weighted by Gasteiger charge is 2.15. The quantitative estimate of drug-likeness (QED) is 0.293. The van der Waals surface area contributed by atoms with Crippen molar-refractivity contribution in [1.29, 1.82) is 0 Å². The predicted octanol–water partition coefficient (Wildman–Crippen LogP) is 3.54. The summed E-state index contributed by atoms with van der Waals surface area (Å²) in [6.07, 6.45) is 2.63. The molecule has 0 aliphatic carbocycles. The molecule has 1 aromatic heterocycles.